The Kier molecular flexibility index (Phi) is 5.70. The molecule has 8 nitrogen and oxygen atoms in total. The molecule has 0 aliphatic heterocycles. The first kappa shape index (κ1) is 23.5. The molecule has 1 aromatic carbocycles. The number of fused-ring (bicyclic) bond motifs is 2. The van der Waals surface area contributed by atoms with Gasteiger partial charge in [-0.2, -0.15) is 5.10 Å². The Morgan fingerprint density at radius 2 is 2.00 bits per heavy atom. The summed E-state index contributed by atoms with van der Waals surface area (Å²) in [6.45, 7) is 5.15. The van der Waals surface area contributed by atoms with Crippen LogP contribution in [-0.4, -0.2) is 29.2 Å². The molecule has 3 aromatic heterocycles. The van der Waals surface area contributed by atoms with Crippen LogP contribution in [0.5, 0.6) is 0 Å². The number of nitrogens with one attached hydrogen (secondary N) is 2. The van der Waals surface area contributed by atoms with Crippen molar-refractivity contribution in [3.8, 4) is 11.1 Å². The first-order valence-electron chi connectivity index (χ1n) is 11.3. The lowest BCUT2D eigenvalue weighted by Gasteiger charge is -2.19. The number of sulfonamides is 1. The molecule has 0 spiro atoms. The predicted molar refractivity (Wildman–Crippen MR) is 136 cm³/mol. The van der Waals surface area contributed by atoms with Crippen LogP contribution in [-0.2, 0) is 28.5 Å². The number of aryl methyl sites for hydroxylation is 2. The van der Waals surface area contributed by atoms with Gasteiger partial charge in [0.2, 0.25) is 0 Å². The molecule has 10 heteroatoms. The Hall–Kier alpha value is -3.21. The number of amides is 2. The van der Waals surface area contributed by atoms with Gasteiger partial charge in [0.25, 0.3) is 10.0 Å². The normalized spacial score (nSPS) is 13.7. The Balaban J connectivity index is 1.50. The number of hydrogen-bond donors (Lipinski definition) is 3. The second kappa shape index (κ2) is 8.47. The Bertz CT molecular complexity index is 1560. The van der Waals surface area contributed by atoms with Crippen LogP contribution in [0.3, 0.4) is 0 Å². The molecule has 5 rings (SSSR count). The summed E-state index contributed by atoms with van der Waals surface area (Å²) in [4.78, 5) is 13.0. The fourth-order valence-electron chi connectivity index (χ4n) is 4.57. The molecule has 0 fully saturated rings. The van der Waals surface area contributed by atoms with E-state index in [2.05, 4.69) is 21.2 Å². The van der Waals surface area contributed by atoms with Crippen molar-refractivity contribution in [2.45, 2.75) is 49.8 Å². The van der Waals surface area contributed by atoms with Crippen LogP contribution >= 0.6 is 11.3 Å². The third kappa shape index (κ3) is 4.44. The number of benzene rings is 1. The number of aliphatic hydroxyl groups is 1. The Labute approximate surface area is 207 Å². The number of pyridine rings is 1. The van der Waals surface area contributed by atoms with Gasteiger partial charge >= 0.3 is 6.03 Å². The van der Waals surface area contributed by atoms with Gasteiger partial charge in [-0.05, 0) is 97.5 Å². The number of rotatable bonds is 5. The van der Waals surface area contributed by atoms with Gasteiger partial charge in [-0.3, -0.25) is 0 Å². The number of urea groups is 1. The zero-order valence-electron chi connectivity index (χ0n) is 19.6. The molecule has 1 aliphatic carbocycles. The zero-order valence-corrected chi connectivity index (χ0v) is 21.3. The number of nitrogens with zero attached hydrogens (tertiary/aromatic N) is 2. The lowest BCUT2D eigenvalue weighted by Crippen LogP contribution is -2.34. The van der Waals surface area contributed by atoms with Gasteiger partial charge < -0.3 is 10.4 Å². The van der Waals surface area contributed by atoms with Crippen molar-refractivity contribution >= 4 is 38.6 Å². The van der Waals surface area contributed by atoms with Crippen LogP contribution in [0.4, 0.5) is 10.5 Å². The monoisotopic (exact) mass is 510 g/mol. The fourth-order valence-corrected chi connectivity index (χ4v) is 6.82. The van der Waals surface area contributed by atoms with Crippen LogP contribution in [0, 0.1) is 6.92 Å². The highest BCUT2D eigenvalue weighted by Crippen LogP contribution is 2.40. The molecule has 1 aliphatic rings. The van der Waals surface area contributed by atoms with E-state index in [1.807, 2.05) is 31.3 Å². The maximum Gasteiger partial charge on any atom is 0.333 e. The summed E-state index contributed by atoms with van der Waals surface area (Å²) < 4.78 is 29.7. The maximum absolute atomic E-state index is 13.0. The first-order valence-corrected chi connectivity index (χ1v) is 13.6. The van der Waals surface area contributed by atoms with Crippen molar-refractivity contribution in [3.05, 3.63) is 70.4 Å². The van der Waals surface area contributed by atoms with Crippen molar-refractivity contribution in [1.82, 2.24) is 14.3 Å². The van der Waals surface area contributed by atoms with Gasteiger partial charge in [0, 0.05) is 18.0 Å². The van der Waals surface area contributed by atoms with Gasteiger partial charge in [-0.25, -0.2) is 22.4 Å². The molecule has 0 radical (unpaired) electrons. The summed E-state index contributed by atoms with van der Waals surface area (Å²) in [5.74, 6) is 0. The molecule has 0 saturated carbocycles. The summed E-state index contributed by atoms with van der Waals surface area (Å²) in [7, 11) is -4.11. The molecule has 0 atom stereocenters. The van der Waals surface area contributed by atoms with E-state index in [9.17, 15) is 18.3 Å². The highest BCUT2D eigenvalue weighted by atomic mass is 32.2. The molecule has 35 heavy (non-hydrogen) atoms. The van der Waals surface area contributed by atoms with Gasteiger partial charge in [-0.15, -0.1) is 11.3 Å². The summed E-state index contributed by atoms with van der Waals surface area (Å²) in [5.41, 5.74) is 5.82. The molecule has 2 amide bonds. The van der Waals surface area contributed by atoms with E-state index in [0.29, 0.717) is 11.3 Å². The van der Waals surface area contributed by atoms with Crippen molar-refractivity contribution in [1.29, 1.82) is 0 Å². The zero-order chi connectivity index (χ0) is 25.0. The smallest absolute Gasteiger partial charge is 0.333 e. The van der Waals surface area contributed by atoms with E-state index in [-0.39, 0.29) is 4.21 Å². The van der Waals surface area contributed by atoms with Crippen LogP contribution in [0.15, 0.2) is 52.3 Å². The van der Waals surface area contributed by atoms with Crippen LogP contribution < -0.4 is 10.0 Å². The Morgan fingerprint density at radius 1 is 1.20 bits per heavy atom. The van der Waals surface area contributed by atoms with Crippen LogP contribution in [0.25, 0.3) is 16.6 Å². The number of carbonyl (C=O) groups is 1. The van der Waals surface area contributed by atoms with E-state index in [0.717, 1.165) is 58.4 Å². The number of thiophene rings is 1. The minimum atomic E-state index is -4.11. The van der Waals surface area contributed by atoms with E-state index >= 15 is 0 Å². The average Bonchev–Trinajstić information content (AvgIpc) is 3.52. The van der Waals surface area contributed by atoms with E-state index in [1.165, 1.54) is 11.6 Å². The highest BCUT2D eigenvalue weighted by Gasteiger charge is 2.27. The lowest BCUT2D eigenvalue weighted by atomic mass is 9.93. The second-order valence-electron chi connectivity index (χ2n) is 9.32. The number of anilines is 1. The van der Waals surface area contributed by atoms with Crippen molar-refractivity contribution in [2.24, 2.45) is 0 Å². The number of hydrogen-bond acceptors (Lipinski definition) is 6. The van der Waals surface area contributed by atoms with Crippen LogP contribution in [0.1, 0.15) is 42.5 Å². The van der Waals surface area contributed by atoms with E-state index < -0.39 is 21.7 Å². The summed E-state index contributed by atoms with van der Waals surface area (Å²) in [6.07, 6.45) is 6.29. The highest BCUT2D eigenvalue weighted by molar-refractivity contribution is 7.92. The molecular weight excluding hydrogens is 484 g/mol. The van der Waals surface area contributed by atoms with Crippen molar-refractivity contribution in [3.63, 3.8) is 0 Å². The quantitative estimate of drug-likeness (QED) is 0.363. The minimum Gasteiger partial charge on any atom is -0.386 e. The largest absolute Gasteiger partial charge is 0.386 e. The maximum atomic E-state index is 13.0. The number of aromatic nitrogens is 2. The van der Waals surface area contributed by atoms with Gasteiger partial charge in [0.1, 0.15) is 4.21 Å². The first-order chi connectivity index (χ1) is 16.5. The summed E-state index contributed by atoms with van der Waals surface area (Å²) >= 11 is 0.957. The lowest BCUT2D eigenvalue weighted by molar-refractivity contribution is 0.0789. The molecule has 182 valence electrons. The molecule has 3 N–H and O–H groups in total. The van der Waals surface area contributed by atoms with Gasteiger partial charge in [-0.1, -0.05) is 6.07 Å². The molecule has 3 heterocycles. The van der Waals surface area contributed by atoms with Gasteiger partial charge in [0.15, 0.2) is 0 Å². The van der Waals surface area contributed by atoms with Crippen molar-refractivity contribution in [2.75, 3.05) is 5.32 Å². The molecule has 0 bridgehead atoms. The molecule has 0 saturated heterocycles. The third-order valence-corrected chi connectivity index (χ3v) is 9.07. The molecular formula is C25H26N4O4S2. The fraction of sp³-hybridized carbons (Fsp3) is 0.280. The van der Waals surface area contributed by atoms with E-state index in [4.69, 9.17) is 0 Å². The minimum absolute atomic E-state index is 0.0364. The molecule has 4 aromatic rings. The topological polar surface area (TPSA) is 113 Å². The standard InChI is InChI=1S/C25H26N4O4S2/c1-15-11-16-5-4-6-20(16)23(22(15)17-8-10-29-19(12-17)7-9-26-29)27-24(30)28-35(32,33)21-13-18(14-34-21)25(2,3)31/h7-14,31H,4-6H2,1-3H3,(H2,27,28,30). The van der Waals surface area contributed by atoms with Crippen molar-refractivity contribution < 1.29 is 18.3 Å². The predicted octanol–water partition coefficient (Wildman–Crippen LogP) is 4.60. The summed E-state index contributed by atoms with van der Waals surface area (Å²) in [6, 6.07) is 8.56. The SMILES string of the molecule is Cc1cc2c(c(NC(=O)NS(=O)(=O)c3cc(C(C)(C)O)cs3)c1-c1ccn3nccc3c1)CCC2. The molecule has 0 unspecified atom stereocenters. The van der Waals surface area contributed by atoms with E-state index in [1.54, 1.807) is 29.9 Å². The Morgan fingerprint density at radius 3 is 2.74 bits per heavy atom. The summed E-state index contributed by atoms with van der Waals surface area (Å²) in [5, 5.41) is 18.8. The number of carbonyl (C=O) groups excluding carboxylic acids is 1. The average molecular weight is 511 g/mol. The van der Waals surface area contributed by atoms with Gasteiger partial charge in [0.05, 0.1) is 16.8 Å². The second-order valence-corrected chi connectivity index (χ2v) is 12.1. The third-order valence-electron chi connectivity index (χ3n) is 6.30. The van der Waals surface area contributed by atoms with Crippen LogP contribution in [0.2, 0.25) is 0 Å².